The minimum Gasteiger partial charge on any atom is -0.493 e. The van der Waals surface area contributed by atoms with Crippen molar-refractivity contribution in [2.45, 2.75) is 6.61 Å². The Morgan fingerprint density at radius 2 is 1.78 bits per heavy atom. The van der Waals surface area contributed by atoms with Gasteiger partial charge in [-0.25, -0.2) is 4.79 Å². The molecule has 0 aromatic heterocycles. The van der Waals surface area contributed by atoms with Gasteiger partial charge in [0, 0.05) is 5.02 Å². The SMILES string of the molecule is COc1cc(C(=O)OCC(=O)Nc2ccccc2C#N)ccc1OCc1ccc(Cl)cc1. The Balaban J connectivity index is 1.58. The number of esters is 1. The van der Waals surface area contributed by atoms with E-state index >= 15 is 0 Å². The molecule has 8 heteroatoms. The van der Waals surface area contributed by atoms with Gasteiger partial charge in [-0.2, -0.15) is 5.26 Å². The number of amides is 1. The number of hydrogen-bond donors (Lipinski definition) is 1. The van der Waals surface area contributed by atoms with Crippen LogP contribution in [0.15, 0.2) is 66.7 Å². The fourth-order valence-electron chi connectivity index (χ4n) is 2.75. The second kappa shape index (κ2) is 10.8. The van der Waals surface area contributed by atoms with Crippen LogP contribution >= 0.6 is 11.6 Å². The molecule has 162 valence electrons. The smallest absolute Gasteiger partial charge is 0.338 e. The molecule has 0 atom stereocenters. The van der Waals surface area contributed by atoms with E-state index in [1.165, 1.54) is 19.2 Å². The quantitative estimate of drug-likeness (QED) is 0.504. The van der Waals surface area contributed by atoms with Crippen LogP contribution in [0.5, 0.6) is 11.5 Å². The van der Waals surface area contributed by atoms with Gasteiger partial charge < -0.3 is 19.5 Å². The van der Waals surface area contributed by atoms with Crippen LogP contribution in [-0.2, 0) is 16.1 Å². The van der Waals surface area contributed by atoms with Gasteiger partial charge in [0.15, 0.2) is 18.1 Å². The maximum Gasteiger partial charge on any atom is 0.338 e. The number of carbonyl (C=O) groups excluding carboxylic acids is 2. The molecule has 3 aromatic rings. The number of halogens is 1. The Bertz CT molecular complexity index is 1160. The normalized spacial score (nSPS) is 10.0. The summed E-state index contributed by atoms with van der Waals surface area (Å²) in [6, 6.07) is 20.3. The first-order valence-corrected chi connectivity index (χ1v) is 9.89. The maximum atomic E-state index is 12.4. The number of nitrogens with one attached hydrogen (secondary N) is 1. The highest BCUT2D eigenvalue weighted by Crippen LogP contribution is 2.29. The lowest BCUT2D eigenvalue weighted by Gasteiger charge is -2.12. The Hall–Kier alpha value is -4.02. The van der Waals surface area contributed by atoms with Gasteiger partial charge >= 0.3 is 5.97 Å². The van der Waals surface area contributed by atoms with Gasteiger partial charge in [-0.05, 0) is 48.0 Å². The van der Waals surface area contributed by atoms with E-state index in [-0.39, 0.29) is 5.56 Å². The van der Waals surface area contributed by atoms with Crippen LogP contribution in [0.3, 0.4) is 0 Å². The van der Waals surface area contributed by atoms with Crippen molar-refractivity contribution in [1.29, 1.82) is 5.26 Å². The summed E-state index contributed by atoms with van der Waals surface area (Å²) in [6.45, 7) is -0.211. The van der Waals surface area contributed by atoms with Crippen LogP contribution in [-0.4, -0.2) is 25.6 Å². The van der Waals surface area contributed by atoms with E-state index in [9.17, 15) is 9.59 Å². The lowest BCUT2D eigenvalue weighted by molar-refractivity contribution is -0.119. The van der Waals surface area contributed by atoms with Gasteiger partial charge in [0.1, 0.15) is 12.7 Å². The number of methoxy groups -OCH3 is 1. The molecule has 32 heavy (non-hydrogen) atoms. The molecular formula is C24H19ClN2O5. The predicted molar refractivity (Wildman–Crippen MR) is 119 cm³/mol. The summed E-state index contributed by atoms with van der Waals surface area (Å²) < 4.78 is 16.1. The monoisotopic (exact) mass is 450 g/mol. The van der Waals surface area contributed by atoms with Crippen LogP contribution in [0.1, 0.15) is 21.5 Å². The van der Waals surface area contributed by atoms with Gasteiger partial charge in [0.25, 0.3) is 5.91 Å². The van der Waals surface area contributed by atoms with Crippen LogP contribution in [0.2, 0.25) is 5.02 Å². The number of carbonyl (C=O) groups is 2. The molecule has 0 fully saturated rings. The number of ether oxygens (including phenoxy) is 3. The van der Waals surface area contributed by atoms with Crippen molar-refractivity contribution in [1.82, 2.24) is 0 Å². The zero-order valence-electron chi connectivity index (χ0n) is 17.1. The molecule has 7 nitrogen and oxygen atoms in total. The van der Waals surface area contributed by atoms with Gasteiger partial charge in [0.2, 0.25) is 0 Å². The number of nitrogens with zero attached hydrogens (tertiary/aromatic N) is 1. The van der Waals surface area contributed by atoms with E-state index in [0.29, 0.717) is 34.4 Å². The Morgan fingerprint density at radius 3 is 2.50 bits per heavy atom. The lowest BCUT2D eigenvalue weighted by atomic mass is 10.2. The molecule has 1 N–H and O–H groups in total. The fraction of sp³-hybridized carbons (Fsp3) is 0.125. The largest absolute Gasteiger partial charge is 0.493 e. The molecule has 0 saturated carbocycles. The molecule has 3 aromatic carbocycles. The number of rotatable bonds is 8. The van der Waals surface area contributed by atoms with Gasteiger partial charge in [-0.3, -0.25) is 4.79 Å². The molecule has 3 rings (SSSR count). The topological polar surface area (TPSA) is 97.6 Å². The summed E-state index contributed by atoms with van der Waals surface area (Å²) in [5.41, 5.74) is 1.78. The molecule has 1 amide bonds. The van der Waals surface area contributed by atoms with E-state index in [1.54, 1.807) is 42.5 Å². The average Bonchev–Trinajstić information content (AvgIpc) is 2.82. The summed E-state index contributed by atoms with van der Waals surface area (Å²) in [5.74, 6) is -0.460. The second-order valence-electron chi connectivity index (χ2n) is 6.56. The third-order valence-electron chi connectivity index (χ3n) is 4.36. The molecule has 0 aliphatic carbocycles. The van der Waals surface area contributed by atoms with Crippen molar-refractivity contribution in [3.05, 3.63) is 88.4 Å². The number of benzene rings is 3. The number of nitriles is 1. The second-order valence-corrected chi connectivity index (χ2v) is 7.00. The molecule has 0 heterocycles. The van der Waals surface area contributed by atoms with E-state index < -0.39 is 18.5 Å². The van der Waals surface area contributed by atoms with E-state index in [2.05, 4.69) is 5.32 Å². The Morgan fingerprint density at radius 1 is 1.03 bits per heavy atom. The zero-order chi connectivity index (χ0) is 22.9. The van der Waals surface area contributed by atoms with Gasteiger partial charge in [0.05, 0.1) is 23.9 Å². The van der Waals surface area contributed by atoms with E-state index in [4.69, 9.17) is 31.1 Å². The van der Waals surface area contributed by atoms with E-state index in [1.807, 2.05) is 18.2 Å². The molecule has 0 bridgehead atoms. The van der Waals surface area contributed by atoms with Crippen LogP contribution in [0.25, 0.3) is 0 Å². The van der Waals surface area contributed by atoms with Crippen molar-refractivity contribution in [3.63, 3.8) is 0 Å². The first-order valence-electron chi connectivity index (χ1n) is 9.51. The Kier molecular flexibility index (Phi) is 7.68. The van der Waals surface area contributed by atoms with Gasteiger partial charge in [-0.1, -0.05) is 35.9 Å². The minimum absolute atomic E-state index is 0.200. The van der Waals surface area contributed by atoms with Gasteiger partial charge in [-0.15, -0.1) is 0 Å². The van der Waals surface area contributed by atoms with Crippen molar-refractivity contribution < 1.29 is 23.8 Å². The third-order valence-corrected chi connectivity index (χ3v) is 4.61. The van der Waals surface area contributed by atoms with Crippen molar-refractivity contribution >= 4 is 29.2 Å². The number of hydrogen-bond acceptors (Lipinski definition) is 6. The van der Waals surface area contributed by atoms with Crippen LogP contribution in [0.4, 0.5) is 5.69 Å². The first-order chi connectivity index (χ1) is 15.5. The van der Waals surface area contributed by atoms with Crippen LogP contribution < -0.4 is 14.8 Å². The highest BCUT2D eigenvalue weighted by atomic mass is 35.5. The molecule has 0 spiro atoms. The highest BCUT2D eigenvalue weighted by Gasteiger charge is 2.15. The summed E-state index contributed by atoms with van der Waals surface area (Å²) in [7, 11) is 1.46. The maximum absolute atomic E-state index is 12.4. The van der Waals surface area contributed by atoms with Crippen molar-refractivity contribution in [2.75, 3.05) is 19.0 Å². The number of para-hydroxylation sites is 1. The zero-order valence-corrected chi connectivity index (χ0v) is 17.9. The molecule has 0 radical (unpaired) electrons. The molecule has 0 unspecified atom stereocenters. The molecule has 0 aliphatic rings. The number of anilines is 1. The van der Waals surface area contributed by atoms with Crippen molar-refractivity contribution in [2.24, 2.45) is 0 Å². The summed E-state index contributed by atoms with van der Waals surface area (Å²) in [6.07, 6.45) is 0. The van der Waals surface area contributed by atoms with Crippen molar-refractivity contribution in [3.8, 4) is 17.6 Å². The lowest BCUT2D eigenvalue weighted by Crippen LogP contribution is -2.21. The average molecular weight is 451 g/mol. The van der Waals surface area contributed by atoms with Crippen LogP contribution in [0, 0.1) is 11.3 Å². The standard InChI is InChI=1S/C24H19ClN2O5/c1-30-22-12-17(8-11-21(22)31-14-16-6-9-19(25)10-7-16)24(29)32-15-23(28)27-20-5-3-2-4-18(20)13-26/h2-12H,14-15H2,1H3,(H,27,28). The fourth-order valence-corrected chi connectivity index (χ4v) is 2.87. The summed E-state index contributed by atoms with van der Waals surface area (Å²) in [5, 5.41) is 12.3. The highest BCUT2D eigenvalue weighted by molar-refractivity contribution is 6.30. The minimum atomic E-state index is -0.698. The molecule has 0 aliphatic heterocycles. The third kappa shape index (κ3) is 6.00. The molecule has 0 saturated heterocycles. The Labute approximate surface area is 190 Å². The molecular weight excluding hydrogens is 432 g/mol. The van der Waals surface area contributed by atoms with E-state index in [0.717, 1.165) is 5.56 Å². The summed E-state index contributed by atoms with van der Waals surface area (Å²) in [4.78, 5) is 24.4. The first kappa shape index (κ1) is 22.7. The predicted octanol–water partition coefficient (Wildman–Crippen LogP) is 4.59. The summed E-state index contributed by atoms with van der Waals surface area (Å²) >= 11 is 5.88.